The van der Waals surface area contributed by atoms with Gasteiger partial charge in [0.1, 0.15) is 4.60 Å². The maximum Gasteiger partial charge on any atom is 0.106 e. The first kappa shape index (κ1) is 14.8. The smallest absolute Gasteiger partial charge is 0.106 e. The molecular formula is C16H25BrN2. The number of halogens is 1. The predicted octanol–water partition coefficient (Wildman–Crippen LogP) is 5.17. The van der Waals surface area contributed by atoms with Gasteiger partial charge in [-0.1, -0.05) is 26.7 Å². The van der Waals surface area contributed by atoms with E-state index < -0.39 is 0 Å². The van der Waals surface area contributed by atoms with Crippen molar-refractivity contribution in [2.45, 2.75) is 58.9 Å². The van der Waals surface area contributed by atoms with Crippen LogP contribution in [0.25, 0.3) is 0 Å². The summed E-state index contributed by atoms with van der Waals surface area (Å²) >= 11 is 3.42. The summed E-state index contributed by atoms with van der Waals surface area (Å²) in [5.74, 6) is 1.74. The lowest BCUT2D eigenvalue weighted by Crippen LogP contribution is -2.19. The second kappa shape index (κ2) is 6.74. The summed E-state index contributed by atoms with van der Waals surface area (Å²) in [6, 6.07) is 4.77. The highest BCUT2D eigenvalue weighted by atomic mass is 79.9. The zero-order valence-electron chi connectivity index (χ0n) is 12.2. The summed E-state index contributed by atoms with van der Waals surface area (Å²) in [4.78, 5) is 4.46. The summed E-state index contributed by atoms with van der Waals surface area (Å²) in [5.41, 5.74) is 2.27. The van der Waals surface area contributed by atoms with Crippen molar-refractivity contribution >= 4 is 21.6 Å². The molecule has 1 aliphatic rings. The molecule has 2 nitrogen and oxygen atoms in total. The molecule has 106 valence electrons. The summed E-state index contributed by atoms with van der Waals surface area (Å²) in [6.07, 6.45) is 6.69. The Morgan fingerprint density at radius 1 is 1.21 bits per heavy atom. The number of nitrogens with one attached hydrogen (secondary N) is 1. The van der Waals surface area contributed by atoms with Crippen LogP contribution in [-0.4, -0.2) is 11.0 Å². The average molecular weight is 325 g/mol. The summed E-state index contributed by atoms with van der Waals surface area (Å²) in [5, 5.41) is 3.69. The fourth-order valence-electron chi connectivity index (χ4n) is 3.04. The van der Waals surface area contributed by atoms with Gasteiger partial charge in [0.05, 0.1) is 11.4 Å². The molecule has 1 saturated carbocycles. The Morgan fingerprint density at radius 2 is 2.00 bits per heavy atom. The topological polar surface area (TPSA) is 24.9 Å². The number of anilines is 1. The molecule has 0 saturated heterocycles. The van der Waals surface area contributed by atoms with Crippen molar-refractivity contribution in [3.63, 3.8) is 0 Å². The van der Waals surface area contributed by atoms with Crippen LogP contribution in [0.1, 0.15) is 51.6 Å². The zero-order chi connectivity index (χ0) is 13.8. The summed E-state index contributed by atoms with van der Waals surface area (Å²) < 4.78 is 0.913. The van der Waals surface area contributed by atoms with Gasteiger partial charge >= 0.3 is 0 Å². The normalized spacial score (nSPS) is 24.3. The third-order valence-corrected chi connectivity index (χ3v) is 4.81. The zero-order valence-corrected chi connectivity index (χ0v) is 13.8. The van der Waals surface area contributed by atoms with Crippen molar-refractivity contribution < 1.29 is 0 Å². The second-order valence-electron chi connectivity index (χ2n) is 6.12. The van der Waals surface area contributed by atoms with Gasteiger partial charge in [0, 0.05) is 6.04 Å². The predicted molar refractivity (Wildman–Crippen MR) is 85.5 cm³/mol. The molecule has 1 heterocycles. The Balaban J connectivity index is 1.96. The average Bonchev–Trinajstić information content (AvgIpc) is 2.58. The molecular weight excluding hydrogens is 300 g/mol. The Bertz CT molecular complexity index is 417. The van der Waals surface area contributed by atoms with Gasteiger partial charge in [0.25, 0.3) is 0 Å². The van der Waals surface area contributed by atoms with E-state index in [1.807, 2.05) is 6.07 Å². The summed E-state index contributed by atoms with van der Waals surface area (Å²) in [7, 11) is 0. The molecule has 1 fully saturated rings. The van der Waals surface area contributed by atoms with Crippen LogP contribution in [0, 0.1) is 18.8 Å². The van der Waals surface area contributed by atoms with E-state index in [0.717, 1.165) is 22.1 Å². The molecule has 0 bridgehead atoms. The van der Waals surface area contributed by atoms with E-state index in [0.29, 0.717) is 6.04 Å². The van der Waals surface area contributed by atoms with Gasteiger partial charge in [-0.3, -0.25) is 0 Å². The largest absolute Gasteiger partial charge is 0.381 e. The van der Waals surface area contributed by atoms with Crippen molar-refractivity contribution in [1.29, 1.82) is 0 Å². The quantitative estimate of drug-likeness (QED) is 0.612. The first-order valence-electron chi connectivity index (χ1n) is 7.46. The molecule has 0 spiro atoms. The Morgan fingerprint density at radius 3 is 2.68 bits per heavy atom. The van der Waals surface area contributed by atoms with Crippen molar-refractivity contribution in [3.05, 3.63) is 22.4 Å². The molecule has 3 heteroatoms. The first-order chi connectivity index (χ1) is 9.06. The van der Waals surface area contributed by atoms with Crippen molar-refractivity contribution in [3.8, 4) is 0 Å². The lowest BCUT2D eigenvalue weighted by atomic mass is 9.89. The van der Waals surface area contributed by atoms with E-state index in [1.54, 1.807) is 0 Å². The Hall–Kier alpha value is -0.570. The SMILES string of the molecule is Cc1nc(Br)ccc1NC1CCCC(C(C)C)CC1. The van der Waals surface area contributed by atoms with Crippen LogP contribution >= 0.6 is 15.9 Å². The molecule has 1 aromatic rings. The van der Waals surface area contributed by atoms with E-state index in [9.17, 15) is 0 Å². The van der Waals surface area contributed by atoms with Crippen LogP contribution in [0.3, 0.4) is 0 Å². The fourth-order valence-corrected chi connectivity index (χ4v) is 3.44. The van der Waals surface area contributed by atoms with E-state index in [1.165, 1.54) is 37.8 Å². The first-order valence-corrected chi connectivity index (χ1v) is 8.25. The third-order valence-electron chi connectivity index (χ3n) is 4.37. The molecule has 0 radical (unpaired) electrons. The van der Waals surface area contributed by atoms with E-state index in [-0.39, 0.29) is 0 Å². The minimum absolute atomic E-state index is 0.616. The maximum absolute atomic E-state index is 4.46. The van der Waals surface area contributed by atoms with E-state index in [2.05, 4.69) is 53.1 Å². The number of pyridine rings is 1. The second-order valence-corrected chi connectivity index (χ2v) is 6.93. The van der Waals surface area contributed by atoms with Gasteiger partial charge in [-0.05, 0) is 66.1 Å². The van der Waals surface area contributed by atoms with Gasteiger partial charge in [-0.2, -0.15) is 0 Å². The lowest BCUT2D eigenvalue weighted by molar-refractivity contribution is 0.341. The molecule has 0 amide bonds. The van der Waals surface area contributed by atoms with Crippen LogP contribution in [0.2, 0.25) is 0 Å². The van der Waals surface area contributed by atoms with Crippen molar-refractivity contribution in [2.24, 2.45) is 11.8 Å². The van der Waals surface area contributed by atoms with Gasteiger partial charge in [-0.15, -0.1) is 0 Å². The number of nitrogens with zero attached hydrogens (tertiary/aromatic N) is 1. The number of aromatic nitrogens is 1. The highest BCUT2D eigenvalue weighted by Crippen LogP contribution is 2.30. The molecule has 2 rings (SSSR count). The minimum Gasteiger partial charge on any atom is -0.381 e. The van der Waals surface area contributed by atoms with Crippen LogP contribution in [0.5, 0.6) is 0 Å². The molecule has 1 aromatic heterocycles. The molecule has 1 N–H and O–H groups in total. The number of rotatable bonds is 3. The lowest BCUT2D eigenvalue weighted by Gasteiger charge is -2.20. The van der Waals surface area contributed by atoms with Crippen LogP contribution in [0.15, 0.2) is 16.7 Å². The maximum atomic E-state index is 4.46. The van der Waals surface area contributed by atoms with E-state index in [4.69, 9.17) is 0 Å². The monoisotopic (exact) mass is 324 g/mol. The molecule has 1 aliphatic carbocycles. The van der Waals surface area contributed by atoms with Gasteiger partial charge in [0.15, 0.2) is 0 Å². The third kappa shape index (κ3) is 4.20. The molecule has 2 unspecified atom stereocenters. The Labute approximate surface area is 125 Å². The van der Waals surface area contributed by atoms with Crippen LogP contribution < -0.4 is 5.32 Å². The van der Waals surface area contributed by atoms with E-state index >= 15 is 0 Å². The number of hydrogen-bond donors (Lipinski definition) is 1. The number of aryl methyl sites for hydroxylation is 1. The van der Waals surface area contributed by atoms with Crippen molar-refractivity contribution in [2.75, 3.05) is 5.32 Å². The van der Waals surface area contributed by atoms with Crippen LogP contribution in [-0.2, 0) is 0 Å². The highest BCUT2D eigenvalue weighted by molar-refractivity contribution is 9.10. The minimum atomic E-state index is 0.616. The van der Waals surface area contributed by atoms with Crippen molar-refractivity contribution in [1.82, 2.24) is 4.98 Å². The highest BCUT2D eigenvalue weighted by Gasteiger charge is 2.21. The fraction of sp³-hybridized carbons (Fsp3) is 0.688. The number of hydrogen-bond acceptors (Lipinski definition) is 2. The molecule has 2 atom stereocenters. The molecule has 0 aliphatic heterocycles. The van der Waals surface area contributed by atoms with Gasteiger partial charge < -0.3 is 5.32 Å². The van der Waals surface area contributed by atoms with Gasteiger partial charge in [0.2, 0.25) is 0 Å². The molecule has 19 heavy (non-hydrogen) atoms. The Kier molecular flexibility index (Phi) is 5.26. The summed E-state index contributed by atoms with van der Waals surface area (Å²) in [6.45, 7) is 6.79. The molecule has 0 aromatic carbocycles. The standard InChI is InChI=1S/C16H25BrN2/c1-11(2)13-5-4-6-14(8-7-13)19-15-9-10-16(17)18-12(15)3/h9-11,13-14,19H,4-8H2,1-3H3. The van der Waals surface area contributed by atoms with Gasteiger partial charge in [-0.25, -0.2) is 4.98 Å². The van der Waals surface area contributed by atoms with Crippen LogP contribution in [0.4, 0.5) is 5.69 Å².